The lowest BCUT2D eigenvalue weighted by molar-refractivity contribution is -0.140. The number of methoxy groups -OCH3 is 1. The third kappa shape index (κ3) is 4.64. The number of nitriles is 1. The summed E-state index contributed by atoms with van der Waals surface area (Å²) in [5.74, 6) is -0.691. The molecule has 0 bridgehead atoms. The monoisotopic (exact) mass is 447 g/mol. The second-order valence-corrected chi connectivity index (χ2v) is 9.96. The Balaban J connectivity index is 1.91. The second-order valence-electron chi connectivity index (χ2n) is 7.29. The van der Waals surface area contributed by atoms with Crippen LogP contribution in [-0.2, 0) is 25.0 Å². The molecule has 1 aromatic heterocycles. The van der Waals surface area contributed by atoms with Gasteiger partial charge in [-0.05, 0) is 49.1 Å². The van der Waals surface area contributed by atoms with Crippen molar-refractivity contribution in [3.8, 4) is 17.2 Å². The van der Waals surface area contributed by atoms with Crippen molar-refractivity contribution in [3.05, 3.63) is 52.8 Å². The summed E-state index contributed by atoms with van der Waals surface area (Å²) in [6.07, 6.45) is 5.02. The Morgan fingerprint density at radius 1 is 1.30 bits per heavy atom. The van der Waals surface area contributed by atoms with Crippen LogP contribution in [-0.4, -0.2) is 49.6 Å². The molecular weight excluding hydrogens is 426 g/mol. The molecule has 1 heterocycles. The van der Waals surface area contributed by atoms with Crippen LogP contribution in [0.1, 0.15) is 30.9 Å². The summed E-state index contributed by atoms with van der Waals surface area (Å²) in [5, 5.41) is 9.42. The molecule has 1 fully saturated rings. The van der Waals surface area contributed by atoms with Gasteiger partial charge in [0, 0.05) is 29.9 Å². The number of aromatic nitrogens is 1. The summed E-state index contributed by atoms with van der Waals surface area (Å²) in [6, 6.07) is 9.17. The summed E-state index contributed by atoms with van der Waals surface area (Å²) in [4.78, 5) is 16.1. The van der Waals surface area contributed by atoms with Gasteiger partial charge in [-0.15, -0.1) is 0 Å². The maximum Gasteiger partial charge on any atom is 0.321 e. The van der Waals surface area contributed by atoms with Gasteiger partial charge >= 0.3 is 5.97 Å². The molecule has 3 rings (SSSR count). The van der Waals surface area contributed by atoms with Gasteiger partial charge in [0.15, 0.2) is 0 Å². The zero-order chi connectivity index (χ0) is 21.9. The molecule has 1 aliphatic rings. The van der Waals surface area contributed by atoms with Crippen molar-refractivity contribution in [1.29, 1.82) is 5.26 Å². The van der Waals surface area contributed by atoms with Gasteiger partial charge in [0.25, 0.3) is 0 Å². The van der Waals surface area contributed by atoms with E-state index < -0.39 is 21.4 Å². The van der Waals surface area contributed by atoms with Gasteiger partial charge in [-0.25, -0.2) is 8.42 Å². The van der Waals surface area contributed by atoms with Gasteiger partial charge in [0.1, 0.15) is 12.6 Å². The van der Waals surface area contributed by atoms with E-state index >= 15 is 0 Å². The number of carbonyl (C=O) groups excluding carboxylic acids is 1. The third-order valence-corrected chi connectivity index (χ3v) is 7.48. The molecule has 0 unspecified atom stereocenters. The van der Waals surface area contributed by atoms with Crippen LogP contribution in [0.4, 0.5) is 0 Å². The number of hydrogen-bond donors (Lipinski definition) is 0. The molecule has 158 valence electrons. The zero-order valence-corrected chi connectivity index (χ0v) is 18.3. The summed E-state index contributed by atoms with van der Waals surface area (Å²) in [6.45, 7) is 1.43. The van der Waals surface area contributed by atoms with Gasteiger partial charge in [-0.3, -0.25) is 9.78 Å². The highest BCUT2D eigenvalue weighted by atomic mass is 35.5. The Bertz CT molecular complexity index is 1110. The van der Waals surface area contributed by atoms with Crippen LogP contribution in [0.2, 0.25) is 5.02 Å². The van der Waals surface area contributed by atoms with Crippen molar-refractivity contribution >= 4 is 27.6 Å². The number of hydrogen-bond acceptors (Lipinski definition) is 6. The Labute approximate surface area is 181 Å². The highest BCUT2D eigenvalue weighted by molar-refractivity contribution is 7.89. The first-order valence-corrected chi connectivity index (χ1v) is 11.4. The number of nitrogens with zero attached hydrogens (tertiary/aromatic N) is 3. The van der Waals surface area contributed by atoms with Crippen LogP contribution < -0.4 is 0 Å². The minimum atomic E-state index is -3.58. The molecule has 0 radical (unpaired) electrons. The predicted molar refractivity (Wildman–Crippen MR) is 113 cm³/mol. The minimum Gasteiger partial charge on any atom is -0.468 e. The van der Waals surface area contributed by atoms with Crippen molar-refractivity contribution in [2.45, 2.75) is 25.2 Å². The van der Waals surface area contributed by atoms with Crippen molar-refractivity contribution in [1.82, 2.24) is 9.29 Å². The smallest absolute Gasteiger partial charge is 0.321 e. The van der Waals surface area contributed by atoms with E-state index in [9.17, 15) is 13.2 Å². The van der Waals surface area contributed by atoms with Crippen LogP contribution in [0.5, 0.6) is 0 Å². The van der Waals surface area contributed by atoms with Gasteiger partial charge in [-0.2, -0.15) is 9.57 Å². The standard InChI is InChI=1S/C21H22ClN3O4S/c1-3-30(27,28)25(13-20(26)29-2)14-21(6-7-21)18-8-17(11-24-12-18)15-4-5-16(10-23)19(22)9-15/h4-5,8-9,11-12H,3,6-7,13-14H2,1-2H3. The number of esters is 1. The van der Waals surface area contributed by atoms with Crippen molar-refractivity contribution < 1.29 is 17.9 Å². The Morgan fingerprint density at radius 3 is 2.60 bits per heavy atom. The quantitative estimate of drug-likeness (QED) is 0.576. The van der Waals surface area contributed by atoms with Crippen LogP contribution in [0.15, 0.2) is 36.7 Å². The lowest BCUT2D eigenvalue weighted by Gasteiger charge is -2.26. The third-order valence-electron chi connectivity index (χ3n) is 5.40. The van der Waals surface area contributed by atoms with E-state index in [1.54, 1.807) is 37.5 Å². The number of pyridine rings is 1. The highest BCUT2D eigenvalue weighted by Crippen LogP contribution is 2.49. The van der Waals surface area contributed by atoms with Gasteiger partial charge < -0.3 is 4.74 Å². The van der Waals surface area contributed by atoms with E-state index in [2.05, 4.69) is 9.72 Å². The first-order chi connectivity index (χ1) is 14.2. The van der Waals surface area contributed by atoms with E-state index in [0.29, 0.717) is 10.6 Å². The number of halogens is 1. The first kappa shape index (κ1) is 22.2. The largest absolute Gasteiger partial charge is 0.468 e. The van der Waals surface area contributed by atoms with Crippen LogP contribution >= 0.6 is 11.6 Å². The fourth-order valence-electron chi connectivity index (χ4n) is 3.34. The SMILES string of the molecule is CCS(=O)(=O)N(CC(=O)OC)CC1(c2cncc(-c3ccc(C#N)c(Cl)c3)c2)CC1. The Hall–Kier alpha value is -2.47. The second kappa shape index (κ2) is 8.72. The van der Waals surface area contributed by atoms with Crippen molar-refractivity contribution in [3.63, 3.8) is 0 Å². The fraction of sp³-hybridized carbons (Fsp3) is 0.381. The van der Waals surface area contributed by atoms with E-state index in [-0.39, 0.29) is 18.8 Å². The lowest BCUT2D eigenvalue weighted by Crippen LogP contribution is -2.42. The molecule has 2 aromatic rings. The summed E-state index contributed by atoms with van der Waals surface area (Å²) < 4.78 is 31.0. The normalized spacial score (nSPS) is 14.9. The van der Waals surface area contributed by atoms with Crippen LogP contribution in [0, 0.1) is 11.3 Å². The summed E-state index contributed by atoms with van der Waals surface area (Å²) in [7, 11) is -2.34. The maximum atomic E-state index is 12.5. The average Bonchev–Trinajstić information content (AvgIpc) is 3.54. The van der Waals surface area contributed by atoms with Crippen LogP contribution in [0.3, 0.4) is 0 Å². The molecule has 0 spiro atoms. The lowest BCUT2D eigenvalue weighted by atomic mass is 9.94. The molecule has 30 heavy (non-hydrogen) atoms. The van der Waals surface area contributed by atoms with Gasteiger partial charge in [0.05, 0.1) is 23.4 Å². The number of carbonyl (C=O) groups is 1. The molecule has 1 aliphatic carbocycles. The minimum absolute atomic E-state index is 0.0951. The van der Waals surface area contributed by atoms with Crippen molar-refractivity contribution in [2.24, 2.45) is 0 Å². The molecule has 0 amide bonds. The number of ether oxygens (including phenoxy) is 1. The van der Waals surface area contributed by atoms with Crippen molar-refractivity contribution in [2.75, 3.05) is 26.0 Å². The molecule has 1 aromatic carbocycles. The van der Waals surface area contributed by atoms with Crippen LogP contribution in [0.25, 0.3) is 11.1 Å². The predicted octanol–water partition coefficient (Wildman–Crippen LogP) is 3.13. The molecule has 1 saturated carbocycles. The zero-order valence-electron chi connectivity index (χ0n) is 16.8. The molecule has 7 nitrogen and oxygen atoms in total. The average molecular weight is 448 g/mol. The molecule has 9 heteroatoms. The fourth-order valence-corrected chi connectivity index (χ4v) is 4.68. The van der Waals surface area contributed by atoms with E-state index in [0.717, 1.165) is 29.5 Å². The highest BCUT2D eigenvalue weighted by Gasteiger charge is 2.47. The number of rotatable bonds is 8. The Kier molecular flexibility index (Phi) is 6.46. The van der Waals surface area contributed by atoms with E-state index in [1.165, 1.54) is 11.4 Å². The number of sulfonamides is 1. The molecule has 0 N–H and O–H groups in total. The maximum absolute atomic E-state index is 12.5. The summed E-state index contributed by atoms with van der Waals surface area (Å²) in [5.41, 5.74) is 2.54. The van der Waals surface area contributed by atoms with Gasteiger partial charge in [-0.1, -0.05) is 17.7 Å². The first-order valence-electron chi connectivity index (χ1n) is 9.45. The molecule has 0 atom stereocenters. The molecular formula is C21H22ClN3O4S. The number of benzene rings is 1. The molecule has 0 saturated heterocycles. The van der Waals surface area contributed by atoms with E-state index in [1.807, 2.05) is 12.1 Å². The summed E-state index contributed by atoms with van der Waals surface area (Å²) >= 11 is 6.16. The Morgan fingerprint density at radius 2 is 2.03 bits per heavy atom. The van der Waals surface area contributed by atoms with Gasteiger partial charge in [0.2, 0.25) is 10.0 Å². The molecule has 0 aliphatic heterocycles. The topological polar surface area (TPSA) is 100 Å². The van der Waals surface area contributed by atoms with E-state index in [4.69, 9.17) is 16.9 Å².